The van der Waals surface area contributed by atoms with Gasteiger partial charge in [0.2, 0.25) is 35.4 Å². The number of likely N-dealkylation sites (tertiary alicyclic amines) is 3. The quantitative estimate of drug-likeness (QED) is 0.162. The molecule has 3 saturated carbocycles. The Balaban J connectivity index is 1.16. The van der Waals surface area contributed by atoms with E-state index in [1.54, 1.807) is 0 Å². The van der Waals surface area contributed by atoms with Gasteiger partial charge in [0.1, 0.15) is 16.2 Å². The molecule has 3 saturated heterocycles. The first kappa shape index (κ1) is 50.8. The van der Waals surface area contributed by atoms with E-state index < -0.39 is 151 Å². The maximum atomic E-state index is 15.5. The highest BCUT2D eigenvalue weighted by Crippen LogP contribution is 2.54. The Morgan fingerprint density at radius 1 is 0.384 bits per heavy atom. The van der Waals surface area contributed by atoms with E-state index >= 15 is 14.4 Å². The summed E-state index contributed by atoms with van der Waals surface area (Å²) in [6.45, 7) is -2.34. The lowest BCUT2D eigenvalue weighted by Gasteiger charge is -2.48. The van der Waals surface area contributed by atoms with Gasteiger partial charge in [-0.2, -0.15) is 0 Å². The standard InChI is InChI=1S/C48H51N6O18P/c55-31-10-11-32(56)49(31)25-46(22-4-1-7-28(46)52-37(61)16-17-38(52)62)43(67)70-73(71-44(68)47(26-50-33(57)12-13-34(50)58)23-5-2-8-29(47)53-39(63)18-19-40(53)64)72-45(69)48(27-51-35(59)14-15-36(51)60)24-6-3-9-30(48)54-41(65)20-21-42(54)66/h10-15,28-30H,1-9,16-27H2. The van der Waals surface area contributed by atoms with Crippen LogP contribution in [0.15, 0.2) is 36.5 Å². The van der Waals surface area contributed by atoms with E-state index in [1.165, 1.54) is 0 Å². The van der Waals surface area contributed by atoms with E-state index in [-0.39, 0.29) is 96.3 Å². The van der Waals surface area contributed by atoms with Crippen LogP contribution in [0.1, 0.15) is 116 Å². The molecule has 0 N–H and O–H groups in total. The molecule has 73 heavy (non-hydrogen) atoms. The molecule has 0 aromatic carbocycles. The van der Waals surface area contributed by atoms with Gasteiger partial charge in [0.05, 0.1) is 18.1 Å². The van der Waals surface area contributed by atoms with E-state index in [2.05, 4.69) is 0 Å². The van der Waals surface area contributed by atoms with Crippen molar-refractivity contribution < 1.29 is 85.5 Å². The van der Waals surface area contributed by atoms with Crippen molar-refractivity contribution in [2.75, 3.05) is 19.6 Å². The predicted octanol–water partition coefficient (Wildman–Crippen LogP) is 0.852. The highest BCUT2D eigenvalue weighted by atomic mass is 31.2. The molecule has 6 fully saturated rings. The molecule has 24 nitrogen and oxygen atoms in total. The molecule has 386 valence electrons. The molecular weight excluding hydrogens is 980 g/mol. The van der Waals surface area contributed by atoms with Crippen LogP contribution < -0.4 is 0 Å². The van der Waals surface area contributed by atoms with Crippen molar-refractivity contribution >= 4 is 97.4 Å². The molecule has 3 aliphatic carbocycles. The smallest absolute Gasteiger partial charge is 0.375 e. The minimum Gasteiger partial charge on any atom is -0.375 e. The van der Waals surface area contributed by atoms with E-state index in [1.807, 2.05) is 0 Å². The lowest BCUT2D eigenvalue weighted by atomic mass is 9.69. The third kappa shape index (κ3) is 8.90. The van der Waals surface area contributed by atoms with Gasteiger partial charge in [0.25, 0.3) is 35.4 Å². The summed E-state index contributed by atoms with van der Waals surface area (Å²) in [5.74, 6) is -13.4. The second-order valence-corrected chi connectivity index (χ2v) is 20.9. The number of nitrogens with zero attached hydrogens (tertiary/aromatic N) is 6. The van der Waals surface area contributed by atoms with Crippen LogP contribution in [-0.4, -0.2) is 156 Å². The lowest BCUT2D eigenvalue weighted by Crippen LogP contribution is -2.61. The number of imide groups is 6. The zero-order valence-electron chi connectivity index (χ0n) is 39.5. The number of hydrogen-bond donors (Lipinski definition) is 0. The van der Waals surface area contributed by atoms with E-state index in [9.17, 15) is 57.5 Å². The maximum absolute atomic E-state index is 15.5. The molecule has 0 spiro atoms. The second-order valence-electron chi connectivity index (χ2n) is 19.9. The van der Waals surface area contributed by atoms with Crippen molar-refractivity contribution in [3.05, 3.63) is 36.5 Å². The lowest BCUT2D eigenvalue weighted by molar-refractivity contribution is -0.165. The van der Waals surface area contributed by atoms with Gasteiger partial charge in [-0.1, -0.05) is 38.5 Å². The van der Waals surface area contributed by atoms with E-state index in [0.29, 0.717) is 34.0 Å². The molecular formula is C48H51N6O18P. The zero-order valence-corrected chi connectivity index (χ0v) is 40.4. The zero-order chi connectivity index (χ0) is 52.1. The average Bonchev–Trinajstić information content (AvgIpc) is 4.21. The van der Waals surface area contributed by atoms with Gasteiger partial charge in [-0.3, -0.25) is 101 Å². The summed E-state index contributed by atoms with van der Waals surface area (Å²) in [6, 6.07) is -4.12. The molecule has 6 atom stereocenters. The molecule has 6 heterocycles. The Hall–Kier alpha value is -7.10. The van der Waals surface area contributed by atoms with Crippen LogP contribution in [-0.2, 0) is 85.5 Å². The Labute approximate surface area is 417 Å². The van der Waals surface area contributed by atoms with Crippen LogP contribution in [0.2, 0.25) is 0 Å². The topological polar surface area (TPSA) is 303 Å². The van der Waals surface area contributed by atoms with Gasteiger partial charge in [0, 0.05) is 94.6 Å². The predicted molar refractivity (Wildman–Crippen MR) is 240 cm³/mol. The first-order valence-electron chi connectivity index (χ1n) is 24.4. The number of carbonyl (C=O) groups excluding carboxylic acids is 15. The molecule has 25 heteroatoms. The number of carbonyl (C=O) groups is 15. The number of amides is 12. The summed E-state index contributed by atoms with van der Waals surface area (Å²) in [4.78, 5) is 212. The van der Waals surface area contributed by atoms with Crippen molar-refractivity contribution in [2.45, 2.75) is 134 Å². The van der Waals surface area contributed by atoms with Gasteiger partial charge >= 0.3 is 26.5 Å². The third-order valence-corrected chi connectivity index (χ3v) is 16.8. The molecule has 0 bridgehead atoms. The Morgan fingerprint density at radius 3 is 0.822 bits per heavy atom. The van der Waals surface area contributed by atoms with Crippen LogP contribution >= 0.6 is 8.60 Å². The SMILES string of the molecule is O=C1C=CC(=O)N1CC1(C(=O)OP(OC(=O)C2(CN3C(=O)C=CC3=O)CCCCC2N2C(=O)CCC2=O)OC(=O)C2(CN3C(=O)C=CC3=O)CCCCC2N2C(=O)CCC2=O)CCCCC1N1C(=O)CCC1=O. The third-order valence-electron chi connectivity index (χ3n) is 15.9. The van der Waals surface area contributed by atoms with Crippen LogP contribution in [0.25, 0.3) is 0 Å². The van der Waals surface area contributed by atoms with Crippen molar-refractivity contribution in [3.8, 4) is 0 Å². The Morgan fingerprint density at radius 2 is 0.603 bits per heavy atom. The summed E-state index contributed by atoms with van der Waals surface area (Å²) in [6.07, 6.45) is 5.15. The van der Waals surface area contributed by atoms with Gasteiger partial charge in [-0.15, -0.1) is 0 Å². The maximum Gasteiger partial charge on any atom is 0.537 e. The number of hydrogen-bond acceptors (Lipinski definition) is 18. The minimum absolute atomic E-state index is 0.0308. The van der Waals surface area contributed by atoms with Crippen molar-refractivity contribution in [3.63, 3.8) is 0 Å². The van der Waals surface area contributed by atoms with Crippen LogP contribution in [0.5, 0.6) is 0 Å². The summed E-state index contributed by atoms with van der Waals surface area (Å²) in [5.41, 5.74) is -6.53. The number of rotatable bonds is 15. The average molecular weight is 1030 g/mol. The molecule has 6 aliphatic heterocycles. The van der Waals surface area contributed by atoms with Crippen LogP contribution in [0.4, 0.5) is 0 Å². The van der Waals surface area contributed by atoms with Crippen LogP contribution in [0, 0.1) is 16.2 Å². The largest absolute Gasteiger partial charge is 0.537 e. The van der Waals surface area contributed by atoms with Crippen molar-refractivity contribution in [2.24, 2.45) is 16.2 Å². The molecule has 0 aromatic heterocycles. The summed E-state index contributed by atoms with van der Waals surface area (Å²) in [7, 11) is -3.85. The first-order valence-corrected chi connectivity index (χ1v) is 25.5. The highest BCUT2D eigenvalue weighted by Gasteiger charge is 2.62. The molecule has 6 unspecified atom stereocenters. The highest BCUT2D eigenvalue weighted by molar-refractivity contribution is 7.43. The van der Waals surface area contributed by atoms with Crippen molar-refractivity contribution in [1.82, 2.24) is 29.4 Å². The second kappa shape index (κ2) is 19.7. The molecule has 0 radical (unpaired) electrons. The summed E-state index contributed by atoms with van der Waals surface area (Å²) in [5, 5.41) is 0. The molecule has 12 amide bonds. The van der Waals surface area contributed by atoms with Gasteiger partial charge in [-0.05, 0) is 38.5 Å². The van der Waals surface area contributed by atoms with Gasteiger partial charge in [-0.25, -0.2) is 0 Å². The van der Waals surface area contributed by atoms with Crippen molar-refractivity contribution in [1.29, 1.82) is 0 Å². The fourth-order valence-corrected chi connectivity index (χ4v) is 13.3. The fraction of sp³-hybridized carbons (Fsp3) is 0.562. The Kier molecular flexibility index (Phi) is 13.7. The van der Waals surface area contributed by atoms with Gasteiger partial charge < -0.3 is 13.6 Å². The molecule has 0 aromatic rings. The normalized spacial score (nSPS) is 31.2. The first-order chi connectivity index (χ1) is 34.8. The Bertz CT molecular complexity index is 2280. The summed E-state index contributed by atoms with van der Waals surface area (Å²) >= 11 is 0. The van der Waals surface area contributed by atoms with Crippen LogP contribution in [0.3, 0.4) is 0 Å². The minimum atomic E-state index is -3.85. The van der Waals surface area contributed by atoms with E-state index in [4.69, 9.17) is 13.6 Å². The monoisotopic (exact) mass is 1030 g/mol. The fourth-order valence-electron chi connectivity index (χ4n) is 12.2. The van der Waals surface area contributed by atoms with Gasteiger partial charge in [0.15, 0.2) is 0 Å². The summed E-state index contributed by atoms with van der Waals surface area (Å²) < 4.78 is 18.3. The molecule has 9 rings (SSSR count). The van der Waals surface area contributed by atoms with E-state index in [0.717, 1.165) is 51.2 Å². The molecule has 9 aliphatic rings.